The molecule has 0 aliphatic rings. The fraction of sp³-hybridized carbons (Fsp3) is 0.200. The zero-order chi connectivity index (χ0) is 9.84. The van der Waals surface area contributed by atoms with Crippen LogP contribution in [-0.4, -0.2) is 11.8 Å². The molecule has 1 aromatic carbocycles. The smallest absolute Gasteiger partial charge is 0.542 e. The maximum Gasteiger partial charge on any atom is 1.00 e. The normalized spacial score (nSPS) is 11.2. The van der Waals surface area contributed by atoms with E-state index in [1.165, 1.54) is 0 Å². The predicted octanol–water partition coefficient (Wildman–Crippen LogP) is -2.89. The molecule has 0 N–H and O–H groups in total. The van der Waals surface area contributed by atoms with Crippen molar-refractivity contribution in [3.8, 4) is 0 Å². The summed E-state index contributed by atoms with van der Waals surface area (Å²) >= 11 is 0. The fourth-order valence-corrected chi connectivity index (χ4v) is 1.07. The first-order chi connectivity index (χ1) is 6.13. The molecule has 0 heterocycles. The molecular formula is C10H9NaO3. The van der Waals surface area contributed by atoms with E-state index in [1.54, 1.807) is 37.3 Å². The molecule has 14 heavy (non-hydrogen) atoms. The van der Waals surface area contributed by atoms with E-state index in [0.29, 0.717) is 5.56 Å². The number of carbonyl (C=O) groups is 2. The van der Waals surface area contributed by atoms with E-state index < -0.39 is 17.7 Å². The molecule has 0 spiro atoms. The van der Waals surface area contributed by atoms with Crippen LogP contribution in [-0.2, 0) is 9.59 Å². The summed E-state index contributed by atoms with van der Waals surface area (Å²) in [6, 6.07) is 8.75. The van der Waals surface area contributed by atoms with Crippen molar-refractivity contribution in [2.75, 3.05) is 0 Å². The van der Waals surface area contributed by atoms with Crippen LogP contribution in [0.2, 0.25) is 0 Å². The van der Waals surface area contributed by atoms with Crippen molar-refractivity contribution < 1.29 is 44.3 Å². The number of hydrogen-bond donors (Lipinski definition) is 0. The van der Waals surface area contributed by atoms with Crippen LogP contribution in [0.1, 0.15) is 18.4 Å². The molecule has 0 amide bonds. The van der Waals surface area contributed by atoms with Gasteiger partial charge in [-0.3, -0.25) is 4.79 Å². The van der Waals surface area contributed by atoms with Crippen LogP contribution in [0.5, 0.6) is 0 Å². The van der Waals surface area contributed by atoms with E-state index in [-0.39, 0.29) is 29.6 Å². The Morgan fingerprint density at radius 1 is 1.21 bits per heavy atom. The van der Waals surface area contributed by atoms with Crippen LogP contribution >= 0.6 is 0 Å². The molecular weight excluding hydrogens is 191 g/mol. The number of carboxylic acids is 1. The van der Waals surface area contributed by atoms with E-state index in [0.717, 1.165) is 0 Å². The van der Waals surface area contributed by atoms with Crippen molar-refractivity contribution in [3.63, 3.8) is 0 Å². The monoisotopic (exact) mass is 200 g/mol. The van der Waals surface area contributed by atoms with Crippen LogP contribution in [0.3, 0.4) is 0 Å². The van der Waals surface area contributed by atoms with Gasteiger partial charge in [-0.05, 0) is 5.56 Å². The van der Waals surface area contributed by atoms with Crippen molar-refractivity contribution in [1.82, 2.24) is 0 Å². The van der Waals surface area contributed by atoms with Gasteiger partial charge in [0.05, 0.1) is 0 Å². The number of aliphatic carboxylic acids is 1. The van der Waals surface area contributed by atoms with E-state index in [2.05, 4.69) is 0 Å². The van der Waals surface area contributed by atoms with Gasteiger partial charge in [-0.25, -0.2) is 0 Å². The molecule has 0 saturated carbocycles. The standard InChI is InChI=1S/C10H10O3.Na/c1-7(9(11)10(12)13)8-5-3-2-4-6-8;/h2-7H,1H3,(H,12,13);/q;+1/p-1. The Morgan fingerprint density at radius 3 is 2.14 bits per heavy atom. The zero-order valence-corrected chi connectivity index (χ0v) is 10.2. The summed E-state index contributed by atoms with van der Waals surface area (Å²) < 4.78 is 0. The maximum absolute atomic E-state index is 11.0. The molecule has 0 aliphatic carbocycles. The number of ketones is 1. The van der Waals surface area contributed by atoms with E-state index in [4.69, 9.17) is 0 Å². The molecule has 0 aliphatic heterocycles. The Morgan fingerprint density at radius 2 is 1.71 bits per heavy atom. The first kappa shape index (κ1) is 13.4. The number of carboxylic acid groups (broad SMARTS) is 1. The summed E-state index contributed by atoms with van der Waals surface area (Å²) in [5.41, 5.74) is 0.691. The molecule has 1 unspecified atom stereocenters. The zero-order valence-electron chi connectivity index (χ0n) is 8.19. The number of benzene rings is 1. The van der Waals surface area contributed by atoms with Crippen LogP contribution in [0, 0.1) is 0 Å². The number of hydrogen-bond acceptors (Lipinski definition) is 3. The van der Waals surface area contributed by atoms with Crippen molar-refractivity contribution >= 4 is 11.8 Å². The van der Waals surface area contributed by atoms with Crippen molar-refractivity contribution in [2.24, 2.45) is 0 Å². The van der Waals surface area contributed by atoms with E-state index in [9.17, 15) is 14.7 Å². The molecule has 3 nitrogen and oxygen atoms in total. The topological polar surface area (TPSA) is 57.2 Å². The third kappa shape index (κ3) is 3.25. The van der Waals surface area contributed by atoms with E-state index >= 15 is 0 Å². The van der Waals surface area contributed by atoms with Gasteiger partial charge in [0.2, 0.25) is 0 Å². The average Bonchev–Trinajstić information content (AvgIpc) is 2.17. The Hall–Kier alpha value is -0.640. The molecule has 0 saturated heterocycles. The Labute approximate surface area is 104 Å². The van der Waals surface area contributed by atoms with Crippen molar-refractivity contribution in [3.05, 3.63) is 35.9 Å². The Kier molecular flexibility index (Phi) is 5.69. The molecule has 0 bridgehead atoms. The molecule has 4 heteroatoms. The van der Waals surface area contributed by atoms with Gasteiger partial charge in [-0.2, -0.15) is 0 Å². The van der Waals surface area contributed by atoms with Crippen LogP contribution in [0.25, 0.3) is 0 Å². The minimum atomic E-state index is -1.63. The molecule has 0 aromatic heterocycles. The second-order valence-corrected chi connectivity index (χ2v) is 2.78. The minimum absolute atomic E-state index is 0. The van der Waals surface area contributed by atoms with Gasteiger partial charge in [0, 0.05) is 5.92 Å². The molecule has 68 valence electrons. The number of carbonyl (C=O) groups excluding carboxylic acids is 2. The summed E-state index contributed by atoms with van der Waals surface area (Å²) in [7, 11) is 0. The first-order valence-corrected chi connectivity index (χ1v) is 3.93. The number of rotatable bonds is 3. The first-order valence-electron chi connectivity index (χ1n) is 3.93. The molecule has 0 radical (unpaired) electrons. The molecule has 1 atom stereocenters. The van der Waals surface area contributed by atoms with Crippen LogP contribution in [0.4, 0.5) is 0 Å². The van der Waals surface area contributed by atoms with Gasteiger partial charge in [0.1, 0.15) is 5.97 Å². The SMILES string of the molecule is CC(C(=O)C(=O)[O-])c1ccccc1.[Na+]. The second-order valence-electron chi connectivity index (χ2n) is 2.78. The quantitative estimate of drug-likeness (QED) is 0.389. The average molecular weight is 200 g/mol. The van der Waals surface area contributed by atoms with Crippen LogP contribution in [0.15, 0.2) is 30.3 Å². The van der Waals surface area contributed by atoms with Gasteiger partial charge in [-0.1, -0.05) is 37.3 Å². The van der Waals surface area contributed by atoms with Gasteiger partial charge in [-0.15, -0.1) is 0 Å². The molecule has 1 aromatic rings. The van der Waals surface area contributed by atoms with Gasteiger partial charge >= 0.3 is 29.6 Å². The van der Waals surface area contributed by atoms with Gasteiger partial charge in [0.15, 0.2) is 5.78 Å². The summed E-state index contributed by atoms with van der Waals surface area (Å²) in [6.45, 7) is 1.55. The van der Waals surface area contributed by atoms with Gasteiger partial charge < -0.3 is 9.90 Å². The summed E-state index contributed by atoms with van der Waals surface area (Å²) in [6.07, 6.45) is 0. The van der Waals surface area contributed by atoms with Crippen molar-refractivity contribution in [2.45, 2.75) is 12.8 Å². The summed E-state index contributed by atoms with van der Waals surface area (Å²) in [4.78, 5) is 21.2. The summed E-state index contributed by atoms with van der Waals surface area (Å²) in [5, 5.41) is 10.3. The predicted molar refractivity (Wildman–Crippen MR) is 44.9 cm³/mol. The van der Waals surface area contributed by atoms with Gasteiger partial charge in [0.25, 0.3) is 0 Å². The minimum Gasteiger partial charge on any atom is -0.542 e. The van der Waals surface area contributed by atoms with Crippen molar-refractivity contribution in [1.29, 1.82) is 0 Å². The molecule has 1 rings (SSSR count). The third-order valence-corrected chi connectivity index (χ3v) is 1.89. The fourth-order valence-electron chi connectivity index (χ4n) is 1.07. The summed E-state index contributed by atoms with van der Waals surface area (Å²) in [5.74, 6) is -3.14. The second kappa shape index (κ2) is 5.96. The van der Waals surface area contributed by atoms with Crippen LogP contribution < -0.4 is 34.7 Å². The Balaban J connectivity index is 0.00000169. The number of Topliss-reactive ketones (excluding diaryl/α,β-unsaturated/α-hetero) is 1. The molecule has 0 fully saturated rings. The Bertz CT molecular complexity index is 321. The van der Waals surface area contributed by atoms with E-state index in [1.807, 2.05) is 0 Å². The third-order valence-electron chi connectivity index (χ3n) is 1.89. The maximum atomic E-state index is 11.0. The largest absolute Gasteiger partial charge is 1.00 e.